The summed E-state index contributed by atoms with van der Waals surface area (Å²) in [6.45, 7) is 0. The Hall–Kier alpha value is -8.12. The predicted molar refractivity (Wildman–Crippen MR) is 214 cm³/mol. The lowest BCUT2D eigenvalue weighted by Gasteiger charge is -2.10. The van der Waals surface area contributed by atoms with Crippen LogP contribution in [0.4, 0.5) is 0 Å². The number of hydrogen-bond donors (Lipinski definition) is 0. The molecule has 12 heteroatoms. The summed E-state index contributed by atoms with van der Waals surface area (Å²) in [4.78, 5) is 48.4. The fourth-order valence-corrected chi connectivity index (χ4v) is 8.25. The molecule has 0 aliphatic heterocycles. The van der Waals surface area contributed by atoms with Crippen molar-refractivity contribution in [1.29, 1.82) is 0 Å². The van der Waals surface area contributed by atoms with Gasteiger partial charge in [-0.25, -0.2) is 15.0 Å². The second-order valence-electron chi connectivity index (χ2n) is 13.4. The first-order valence-electron chi connectivity index (χ1n) is 17.9. The van der Waals surface area contributed by atoms with E-state index < -0.39 is 0 Å². The Morgan fingerprint density at radius 2 is 1.16 bits per heavy atom. The van der Waals surface area contributed by atoms with E-state index in [1.165, 1.54) is 0 Å². The van der Waals surface area contributed by atoms with Gasteiger partial charge in [0.25, 0.3) is 0 Å². The van der Waals surface area contributed by atoms with E-state index in [0.717, 1.165) is 76.9 Å². The van der Waals surface area contributed by atoms with Crippen molar-refractivity contribution < 1.29 is 0 Å². The Bertz CT molecular complexity index is 3540. The molecule has 9 heterocycles. The predicted octanol–water partition coefficient (Wildman–Crippen LogP) is 7.21. The zero-order valence-corrected chi connectivity index (χ0v) is 29.2. The summed E-state index contributed by atoms with van der Waals surface area (Å²) in [6, 6.07) is 24.9. The van der Waals surface area contributed by atoms with E-state index in [0.29, 0.717) is 33.7 Å². The van der Waals surface area contributed by atoms with Gasteiger partial charge in [-0.15, -0.1) is 0 Å². The lowest BCUT2D eigenvalue weighted by Crippen LogP contribution is -2.26. The SMILES string of the molecule is c1ccc2c(-c3ccc4c5cccc6c7nc(-c8ccncc8)cnc7n(c(=C(c7cnccn7)c7cnccn7)n7c8nccnc8c3c47)c56)ccnc2c1. The van der Waals surface area contributed by atoms with E-state index in [9.17, 15) is 0 Å². The molecule has 0 aliphatic carbocycles. The number of benzene rings is 3. The summed E-state index contributed by atoms with van der Waals surface area (Å²) in [5.74, 6) is 0. The van der Waals surface area contributed by atoms with Crippen LogP contribution in [0.15, 0.2) is 147 Å². The van der Waals surface area contributed by atoms with E-state index in [1.807, 2.05) is 42.7 Å². The van der Waals surface area contributed by atoms with Crippen molar-refractivity contribution >= 4 is 71.4 Å². The molecule has 260 valence electrons. The molecule has 0 saturated heterocycles. The number of fused-ring (bicyclic) bond motifs is 8. The molecule has 0 fully saturated rings. The van der Waals surface area contributed by atoms with Crippen molar-refractivity contribution in [3.8, 4) is 22.4 Å². The Morgan fingerprint density at radius 1 is 0.446 bits per heavy atom. The van der Waals surface area contributed by atoms with Gasteiger partial charge in [0.2, 0.25) is 0 Å². The Kier molecular flexibility index (Phi) is 6.34. The van der Waals surface area contributed by atoms with Crippen LogP contribution in [0.2, 0.25) is 0 Å². The van der Waals surface area contributed by atoms with E-state index in [2.05, 4.69) is 66.2 Å². The zero-order chi connectivity index (χ0) is 36.7. The first-order valence-corrected chi connectivity index (χ1v) is 17.9. The maximum Gasteiger partial charge on any atom is 0.165 e. The van der Waals surface area contributed by atoms with Crippen LogP contribution in [0, 0.1) is 0 Å². The molecule has 12 rings (SSSR count). The van der Waals surface area contributed by atoms with Crippen LogP contribution in [0.1, 0.15) is 11.4 Å². The molecule has 0 unspecified atom stereocenters. The smallest absolute Gasteiger partial charge is 0.165 e. The zero-order valence-electron chi connectivity index (χ0n) is 29.2. The van der Waals surface area contributed by atoms with Gasteiger partial charge in [-0.3, -0.25) is 43.7 Å². The van der Waals surface area contributed by atoms with Crippen LogP contribution < -0.4 is 5.48 Å². The molecule has 0 atom stereocenters. The molecule has 0 amide bonds. The van der Waals surface area contributed by atoms with Gasteiger partial charge < -0.3 is 0 Å². The highest BCUT2D eigenvalue weighted by molar-refractivity contribution is 6.26. The molecule has 0 bridgehead atoms. The second-order valence-corrected chi connectivity index (χ2v) is 13.4. The maximum absolute atomic E-state index is 5.29. The first kappa shape index (κ1) is 30.4. The van der Waals surface area contributed by atoms with Crippen molar-refractivity contribution in [1.82, 2.24) is 58.6 Å². The molecule has 56 heavy (non-hydrogen) atoms. The molecule has 12 nitrogen and oxygen atoms in total. The Balaban J connectivity index is 1.42. The highest BCUT2D eigenvalue weighted by Crippen LogP contribution is 2.42. The molecule has 0 N–H and O–H groups in total. The monoisotopic (exact) mass is 720 g/mol. The van der Waals surface area contributed by atoms with Gasteiger partial charge in [0.05, 0.1) is 57.8 Å². The van der Waals surface area contributed by atoms with Gasteiger partial charge in [-0.2, -0.15) is 0 Å². The van der Waals surface area contributed by atoms with Crippen LogP contribution in [0.3, 0.4) is 0 Å². The van der Waals surface area contributed by atoms with Gasteiger partial charge in [-0.1, -0.05) is 48.5 Å². The average Bonchev–Trinajstić information content (AvgIpc) is 3.75. The largest absolute Gasteiger partial charge is 0.276 e. The second kappa shape index (κ2) is 11.7. The standard InChI is InChI=1S/C44H24N12/c1-2-7-32-27(4-1)26(12-15-48-32)28-8-9-30-29-5-3-6-31-38-42(53-24-33(54-38)25-10-13-45-14-11-25)55(40(29)31)44(56-41(30)36(28)39-43(56)52-21-20-51-39)37(34-22-46-16-18-49-34)35-23-47-17-19-50-35/h1-24H. The van der Waals surface area contributed by atoms with E-state index >= 15 is 0 Å². The molecule has 0 spiro atoms. The first-order chi connectivity index (χ1) is 27.8. The minimum atomic E-state index is 0.593. The van der Waals surface area contributed by atoms with Crippen molar-refractivity contribution in [3.63, 3.8) is 0 Å². The van der Waals surface area contributed by atoms with Crippen molar-refractivity contribution in [3.05, 3.63) is 164 Å². The van der Waals surface area contributed by atoms with Gasteiger partial charge in [0.15, 0.2) is 11.3 Å². The Labute approximate surface area is 315 Å². The fraction of sp³-hybridized carbons (Fsp3) is 0. The molecular weight excluding hydrogens is 697 g/mol. The summed E-state index contributed by atoms with van der Waals surface area (Å²) in [5, 5.41) is 4.93. The van der Waals surface area contributed by atoms with Gasteiger partial charge in [-0.05, 0) is 35.4 Å². The summed E-state index contributed by atoms with van der Waals surface area (Å²) in [6.07, 6.45) is 20.9. The lowest BCUT2D eigenvalue weighted by molar-refractivity contribution is 0.984. The highest BCUT2D eigenvalue weighted by atomic mass is 15.1. The number of rotatable bonds is 4. The molecular formula is C44H24N12. The summed E-state index contributed by atoms with van der Waals surface area (Å²) < 4.78 is 4.37. The van der Waals surface area contributed by atoms with Crippen LogP contribution in [0.25, 0.3) is 93.8 Å². The van der Waals surface area contributed by atoms with Gasteiger partial charge in [0, 0.05) is 88.3 Å². The average molecular weight is 721 g/mol. The molecule has 9 aromatic heterocycles. The van der Waals surface area contributed by atoms with Gasteiger partial charge in [0.1, 0.15) is 16.5 Å². The van der Waals surface area contributed by atoms with Crippen molar-refractivity contribution in [2.75, 3.05) is 0 Å². The van der Waals surface area contributed by atoms with E-state index in [-0.39, 0.29) is 0 Å². The molecule has 3 aromatic carbocycles. The molecule has 0 aliphatic rings. The number of pyridine rings is 2. The van der Waals surface area contributed by atoms with Crippen LogP contribution in [0.5, 0.6) is 0 Å². The fourth-order valence-electron chi connectivity index (χ4n) is 8.25. The number of aromatic nitrogens is 12. The third-order valence-electron chi connectivity index (χ3n) is 10.5. The highest BCUT2D eigenvalue weighted by Gasteiger charge is 2.26. The molecule has 0 radical (unpaired) electrons. The Morgan fingerprint density at radius 3 is 1.98 bits per heavy atom. The van der Waals surface area contributed by atoms with Crippen molar-refractivity contribution in [2.24, 2.45) is 0 Å². The third kappa shape index (κ3) is 4.23. The molecule has 12 aromatic rings. The van der Waals surface area contributed by atoms with E-state index in [4.69, 9.17) is 34.9 Å². The summed E-state index contributed by atoms with van der Waals surface area (Å²) in [5.41, 5.74) is 11.8. The van der Waals surface area contributed by atoms with Crippen LogP contribution >= 0.6 is 0 Å². The molecule has 0 saturated carbocycles. The minimum Gasteiger partial charge on any atom is -0.276 e. The van der Waals surface area contributed by atoms with E-state index in [1.54, 1.807) is 62.0 Å². The topological polar surface area (TPSA) is 138 Å². The summed E-state index contributed by atoms with van der Waals surface area (Å²) >= 11 is 0. The number of para-hydroxylation sites is 2. The van der Waals surface area contributed by atoms with Crippen LogP contribution in [-0.2, 0) is 0 Å². The van der Waals surface area contributed by atoms with Crippen LogP contribution in [-0.4, -0.2) is 58.6 Å². The third-order valence-corrected chi connectivity index (χ3v) is 10.5. The van der Waals surface area contributed by atoms with Crippen molar-refractivity contribution in [2.45, 2.75) is 0 Å². The number of nitrogens with zero attached hydrogens (tertiary/aromatic N) is 12. The quantitative estimate of drug-likeness (QED) is 0.183. The number of hydrogen-bond acceptors (Lipinski definition) is 10. The lowest BCUT2D eigenvalue weighted by atomic mass is 9.96. The maximum atomic E-state index is 5.29. The minimum absolute atomic E-state index is 0.593. The normalized spacial score (nSPS) is 11.9. The summed E-state index contributed by atoms with van der Waals surface area (Å²) in [7, 11) is 0. The van der Waals surface area contributed by atoms with Gasteiger partial charge >= 0.3 is 0 Å².